The summed E-state index contributed by atoms with van der Waals surface area (Å²) in [6.45, 7) is 1.62. The molecule has 1 fully saturated rings. The fourth-order valence-corrected chi connectivity index (χ4v) is 3.58. The lowest BCUT2D eigenvalue weighted by Crippen LogP contribution is -2.42. The van der Waals surface area contributed by atoms with E-state index < -0.39 is 0 Å². The largest absolute Gasteiger partial charge is 0.457 e. The predicted octanol–water partition coefficient (Wildman–Crippen LogP) is 4.05. The van der Waals surface area contributed by atoms with Crippen molar-refractivity contribution in [1.82, 2.24) is 10.3 Å². The van der Waals surface area contributed by atoms with Gasteiger partial charge in [0.1, 0.15) is 6.10 Å². The molecule has 1 saturated heterocycles. The number of ether oxygens (including phenoxy) is 1. The molecule has 2 aromatic carbocycles. The molecular formula is C23H22N2O2. The highest BCUT2D eigenvalue weighted by molar-refractivity contribution is 5.90. The molecule has 1 aliphatic rings. The van der Waals surface area contributed by atoms with Gasteiger partial charge in [-0.25, -0.2) is 4.79 Å². The molecule has 2 atom stereocenters. The highest BCUT2D eigenvalue weighted by Gasteiger charge is 2.29. The molecule has 0 spiro atoms. The predicted molar refractivity (Wildman–Crippen MR) is 106 cm³/mol. The molecule has 27 heavy (non-hydrogen) atoms. The normalized spacial score (nSPS) is 19.4. The van der Waals surface area contributed by atoms with Crippen LogP contribution in [0.3, 0.4) is 0 Å². The Morgan fingerprint density at radius 2 is 1.63 bits per heavy atom. The molecule has 0 aliphatic carbocycles. The maximum Gasteiger partial charge on any atom is 0.338 e. The van der Waals surface area contributed by atoms with Crippen LogP contribution in [0.15, 0.2) is 79.1 Å². The van der Waals surface area contributed by atoms with Crippen LogP contribution in [-0.2, 0) is 4.74 Å². The summed E-state index contributed by atoms with van der Waals surface area (Å²) in [5, 5.41) is 3.34. The van der Waals surface area contributed by atoms with Crippen LogP contribution in [0.2, 0.25) is 0 Å². The quantitative estimate of drug-likeness (QED) is 0.715. The zero-order valence-electron chi connectivity index (χ0n) is 15.0. The second kappa shape index (κ2) is 8.14. The van der Waals surface area contributed by atoms with Gasteiger partial charge in [0, 0.05) is 24.9 Å². The Morgan fingerprint density at radius 1 is 0.926 bits per heavy atom. The highest BCUT2D eigenvalue weighted by atomic mass is 16.5. The number of esters is 1. The summed E-state index contributed by atoms with van der Waals surface area (Å²) in [7, 11) is 0. The molecule has 4 rings (SSSR count). The molecule has 1 aromatic heterocycles. The van der Waals surface area contributed by atoms with Gasteiger partial charge in [0.2, 0.25) is 0 Å². The zero-order chi connectivity index (χ0) is 18.5. The summed E-state index contributed by atoms with van der Waals surface area (Å²) in [6, 6.07) is 21.7. The number of carbonyl (C=O) groups is 1. The molecule has 1 N–H and O–H groups in total. The van der Waals surface area contributed by atoms with E-state index in [0.29, 0.717) is 12.1 Å². The summed E-state index contributed by atoms with van der Waals surface area (Å²) in [6.07, 6.45) is 4.32. The summed E-state index contributed by atoms with van der Waals surface area (Å²) in [5.74, 6) is -0.0431. The van der Waals surface area contributed by atoms with E-state index in [2.05, 4.69) is 22.4 Å². The first kappa shape index (κ1) is 17.4. The van der Waals surface area contributed by atoms with E-state index in [0.717, 1.165) is 24.1 Å². The van der Waals surface area contributed by atoms with Crippen molar-refractivity contribution in [2.75, 3.05) is 13.1 Å². The molecule has 4 heteroatoms. The third-order valence-corrected chi connectivity index (χ3v) is 5.05. The van der Waals surface area contributed by atoms with Crippen molar-refractivity contribution in [3.8, 4) is 11.1 Å². The lowest BCUT2D eigenvalue weighted by molar-refractivity contribution is 0.0182. The third-order valence-electron chi connectivity index (χ3n) is 5.05. The number of benzene rings is 2. The highest BCUT2D eigenvalue weighted by Crippen LogP contribution is 2.28. The fraction of sp³-hybridized carbons (Fsp3) is 0.217. The molecule has 0 saturated carbocycles. The maximum atomic E-state index is 12.7. The lowest BCUT2D eigenvalue weighted by Gasteiger charge is -2.32. The minimum absolute atomic E-state index is 0.159. The number of nitrogens with one attached hydrogen (secondary N) is 1. The molecule has 0 amide bonds. The van der Waals surface area contributed by atoms with Crippen LogP contribution in [-0.4, -0.2) is 30.1 Å². The van der Waals surface area contributed by atoms with Crippen LogP contribution < -0.4 is 5.32 Å². The number of rotatable bonds is 4. The monoisotopic (exact) mass is 358 g/mol. The van der Waals surface area contributed by atoms with E-state index in [9.17, 15) is 4.79 Å². The van der Waals surface area contributed by atoms with Crippen LogP contribution in [0.25, 0.3) is 11.1 Å². The molecular weight excluding hydrogens is 336 g/mol. The summed E-state index contributed by atoms with van der Waals surface area (Å²) >= 11 is 0. The fourth-order valence-electron chi connectivity index (χ4n) is 3.58. The van der Waals surface area contributed by atoms with E-state index in [4.69, 9.17) is 4.74 Å². The van der Waals surface area contributed by atoms with Gasteiger partial charge in [-0.3, -0.25) is 4.98 Å². The Balaban J connectivity index is 1.47. The lowest BCUT2D eigenvalue weighted by atomic mass is 9.88. The Labute approximate surface area is 159 Å². The molecule has 0 bridgehead atoms. The van der Waals surface area contributed by atoms with E-state index in [1.807, 2.05) is 54.6 Å². The number of piperidine rings is 1. The van der Waals surface area contributed by atoms with Gasteiger partial charge in [0.25, 0.3) is 0 Å². The average Bonchev–Trinajstić information content (AvgIpc) is 2.75. The molecule has 2 heterocycles. The average molecular weight is 358 g/mol. The van der Waals surface area contributed by atoms with Crippen LogP contribution in [0.1, 0.15) is 28.3 Å². The van der Waals surface area contributed by atoms with Crippen molar-refractivity contribution in [2.24, 2.45) is 0 Å². The van der Waals surface area contributed by atoms with Crippen LogP contribution >= 0.6 is 0 Å². The molecule has 1 unspecified atom stereocenters. The van der Waals surface area contributed by atoms with Crippen molar-refractivity contribution >= 4 is 5.97 Å². The van der Waals surface area contributed by atoms with Gasteiger partial charge < -0.3 is 10.1 Å². The topological polar surface area (TPSA) is 51.2 Å². The maximum absolute atomic E-state index is 12.7. The minimum Gasteiger partial charge on any atom is -0.457 e. The van der Waals surface area contributed by atoms with Crippen molar-refractivity contribution in [2.45, 2.75) is 18.4 Å². The van der Waals surface area contributed by atoms with Gasteiger partial charge >= 0.3 is 5.97 Å². The van der Waals surface area contributed by atoms with Crippen molar-refractivity contribution in [1.29, 1.82) is 0 Å². The van der Waals surface area contributed by atoms with Crippen molar-refractivity contribution in [3.05, 3.63) is 90.3 Å². The van der Waals surface area contributed by atoms with Crippen LogP contribution in [0.4, 0.5) is 0 Å². The molecule has 0 radical (unpaired) electrons. The van der Waals surface area contributed by atoms with Crippen molar-refractivity contribution < 1.29 is 9.53 Å². The zero-order valence-corrected chi connectivity index (χ0v) is 15.0. The second-order valence-electron chi connectivity index (χ2n) is 6.77. The Hall–Kier alpha value is -2.98. The number of aromatic nitrogens is 1. The Morgan fingerprint density at radius 3 is 2.37 bits per heavy atom. The van der Waals surface area contributed by atoms with Gasteiger partial charge in [-0.1, -0.05) is 42.5 Å². The number of nitrogens with zero attached hydrogens (tertiary/aromatic N) is 1. The van der Waals surface area contributed by atoms with Crippen LogP contribution in [0, 0.1) is 0 Å². The number of hydrogen-bond acceptors (Lipinski definition) is 4. The Kier molecular flexibility index (Phi) is 5.26. The van der Waals surface area contributed by atoms with E-state index in [1.165, 1.54) is 5.56 Å². The van der Waals surface area contributed by atoms with Gasteiger partial charge in [-0.2, -0.15) is 0 Å². The van der Waals surface area contributed by atoms with E-state index in [-0.39, 0.29) is 18.0 Å². The van der Waals surface area contributed by atoms with Crippen LogP contribution in [0.5, 0.6) is 0 Å². The van der Waals surface area contributed by atoms with Gasteiger partial charge in [0.15, 0.2) is 0 Å². The van der Waals surface area contributed by atoms with E-state index >= 15 is 0 Å². The number of pyridine rings is 1. The second-order valence-corrected chi connectivity index (χ2v) is 6.77. The molecule has 136 valence electrons. The standard InChI is InChI=1S/C23H22N2O2/c26-23(20-8-6-17(7-9-20)18-10-13-24-14-11-18)27-22-16-25-15-12-21(22)19-4-2-1-3-5-19/h1-11,13-14,21-22,25H,12,15-16H2/t21?,22-/m1/s1. The number of carbonyl (C=O) groups excluding carboxylic acids is 1. The molecule has 1 aliphatic heterocycles. The summed E-state index contributed by atoms with van der Waals surface area (Å²) < 4.78 is 5.88. The first-order chi connectivity index (χ1) is 13.3. The summed E-state index contributed by atoms with van der Waals surface area (Å²) in [5.41, 5.74) is 3.93. The Bertz CT molecular complexity index is 879. The van der Waals surface area contributed by atoms with Gasteiger partial charge in [-0.05, 0) is 53.9 Å². The van der Waals surface area contributed by atoms with E-state index in [1.54, 1.807) is 12.4 Å². The SMILES string of the molecule is O=C(O[C@@H]1CNCCC1c1ccccc1)c1ccc(-c2ccncc2)cc1. The molecule has 3 aromatic rings. The van der Waals surface area contributed by atoms with Gasteiger partial charge in [-0.15, -0.1) is 0 Å². The molecule has 4 nitrogen and oxygen atoms in total. The minimum atomic E-state index is -0.272. The third kappa shape index (κ3) is 4.07. The smallest absolute Gasteiger partial charge is 0.338 e. The first-order valence-corrected chi connectivity index (χ1v) is 9.28. The first-order valence-electron chi connectivity index (χ1n) is 9.28. The number of hydrogen-bond donors (Lipinski definition) is 1. The summed E-state index contributed by atoms with van der Waals surface area (Å²) in [4.78, 5) is 16.7. The van der Waals surface area contributed by atoms with Gasteiger partial charge in [0.05, 0.1) is 5.56 Å². The van der Waals surface area contributed by atoms with Crippen molar-refractivity contribution in [3.63, 3.8) is 0 Å².